The number of unbranched alkanes of at least 4 members (excludes halogenated alkanes) is 1. The minimum atomic E-state index is -1.07. The SMILES string of the molecule is CCCC[n+]1cc(CCC(N)C(=O)O)c(CCCC(N)C(=O)O)c(CCC(N)C(=O)O)c1. The van der Waals surface area contributed by atoms with Gasteiger partial charge in [0.1, 0.15) is 24.7 Å². The van der Waals surface area contributed by atoms with Gasteiger partial charge in [-0.2, -0.15) is 0 Å². The van der Waals surface area contributed by atoms with Crippen LogP contribution in [0.5, 0.6) is 0 Å². The minimum absolute atomic E-state index is 0.253. The van der Waals surface area contributed by atoms with E-state index in [-0.39, 0.29) is 12.8 Å². The van der Waals surface area contributed by atoms with Crippen LogP contribution < -0.4 is 21.8 Å². The van der Waals surface area contributed by atoms with E-state index in [0.29, 0.717) is 32.1 Å². The molecule has 0 aliphatic carbocycles. The van der Waals surface area contributed by atoms with Crippen molar-refractivity contribution < 1.29 is 34.3 Å². The van der Waals surface area contributed by atoms with Gasteiger partial charge < -0.3 is 32.5 Å². The molecule has 9 N–H and O–H groups in total. The number of hydrogen-bond acceptors (Lipinski definition) is 6. The predicted octanol–water partition coefficient (Wildman–Crippen LogP) is 0.198. The first-order valence-corrected chi connectivity index (χ1v) is 11.1. The summed E-state index contributed by atoms with van der Waals surface area (Å²) in [6.07, 6.45) is 8.69. The molecule has 32 heavy (non-hydrogen) atoms. The summed E-state index contributed by atoms with van der Waals surface area (Å²) >= 11 is 0. The lowest BCUT2D eigenvalue weighted by Gasteiger charge is -2.16. The molecule has 1 heterocycles. The van der Waals surface area contributed by atoms with Crippen LogP contribution in [0.1, 0.15) is 62.1 Å². The Kier molecular flexibility index (Phi) is 11.8. The van der Waals surface area contributed by atoms with Crippen molar-refractivity contribution in [1.29, 1.82) is 0 Å². The van der Waals surface area contributed by atoms with E-state index in [9.17, 15) is 14.4 Å². The molecule has 1 aromatic rings. The van der Waals surface area contributed by atoms with Crippen LogP contribution in [0.15, 0.2) is 12.4 Å². The fourth-order valence-electron chi connectivity index (χ4n) is 3.51. The van der Waals surface area contributed by atoms with Gasteiger partial charge in [-0.3, -0.25) is 14.4 Å². The number of hydrogen-bond donors (Lipinski definition) is 6. The van der Waals surface area contributed by atoms with Crippen molar-refractivity contribution >= 4 is 17.9 Å². The number of carboxylic acid groups (broad SMARTS) is 3. The number of nitrogens with zero attached hydrogens (tertiary/aromatic N) is 1. The molecular weight excluding hydrogens is 416 g/mol. The first kappa shape index (κ1) is 27.5. The van der Waals surface area contributed by atoms with Gasteiger partial charge in [-0.25, -0.2) is 4.57 Å². The fraction of sp³-hybridized carbons (Fsp3) is 0.636. The van der Waals surface area contributed by atoms with E-state index in [1.54, 1.807) is 0 Å². The fourth-order valence-corrected chi connectivity index (χ4v) is 3.51. The Morgan fingerprint density at radius 2 is 1.22 bits per heavy atom. The van der Waals surface area contributed by atoms with Crippen molar-refractivity contribution in [2.75, 3.05) is 0 Å². The summed E-state index contributed by atoms with van der Waals surface area (Å²) in [5.41, 5.74) is 19.9. The van der Waals surface area contributed by atoms with Crippen molar-refractivity contribution in [3.63, 3.8) is 0 Å². The zero-order valence-electron chi connectivity index (χ0n) is 18.7. The van der Waals surface area contributed by atoms with Crippen LogP contribution in [0.3, 0.4) is 0 Å². The third-order valence-corrected chi connectivity index (χ3v) is 5.53. The summed E-state index contributed by atoms with van der Waals surface area (Å²) in [4.78, 5) is 33.4. The number of aryl methyl sites for hydroxylation is 3. The highest BCUT2D eigenvalue weighted by Gasteiger charge is 2.21. The Balaban J connectivity index is 3.23. The zero-order valence-corrected chi connectivity index (χ0v) is 18.7. The lowest BCUT2D eigenvalue weighted by Crippen LogP contribution is -2.37. The number of carbonyl (C=O) groups is 3. The molecule has 180 valence electrons. The van der Waals surface area contributed by atoms with Crippen molar-refractivity contribution in [3.8, 4) is 0 Å². The van der Waals surface area contributed by atoms with Crippen LogP contribution in [-0.2, 0) is 40.2 Å². The van der Waals surface area contributed by atoms with Crippen LogP contribution in [0.2, 0.25) is 0 Å². The maximum Gasteiger partial charge on any atom is 0.320 e. The summed E-state index contributed by atoms with van der Waals surface area (Å²) in [5, 5.41) is 27.3. The molecule has 0 aliphatic rings. The molecule has 0 aromatic carbocycles. The predicted molar refractivity (Wildman–Crippen MR) is 118 cm³/mol. The van der Waals surface area contributed by atoms with Crippen molar-refractivity contribution in [2.24, 2.45) is 17.2 Å². The highest BCUT2D eigenvalue weighted by Crippen LogP contribution is 2.21. The average molecular weight is 454 g/mol. The van der Waals surface area contributed by atoms with E-state index in [1.807, 2.05) is 17.0 Å². The third kappa shape index (κ3) is 9.29. The van der Waals surface area contributed by atoms with Crippen LogP contribution in [0, 0.1) is 0 Å². The lowest BCUT2D eigenvalue weighted by molar-refractivity contribution is -0.698. The van der Waals surface area contributed by atoms with E-state index in [0.717, 1.165) is 36.1 Å². The molecule has 0 aliphatic heterocycles. The van der Waals surface area contributed by atoms with E-state index < -0.39 is 36.0 Å². The van der Waals surface area contributed by atoms with Gasteiger partial charge in [0.2, 0.25) is 0 Å². The largest absolute Gasteiger partial charge is 0.480 e. The molecule has 0 spiro atoms. The first-order chi connectivity index (χ1) is 15.1. The molecule has 10 heteroatoms. The average Bonchev–Trinajstić information content (AvgIpc) is 2.74. The van der Waals surface area contributed by atoms with Crippen LogP contribution in [-0.4, -0.2) is 51.4 Å². The maximum atomic E-state index is 11.2. The molecule has 0 saturated carbocycles. The smallest absolute Gasteiger partial charge is 0.320 e. The van der Waals surface area contributed by atoms with E-state index >= 15 is 0 Å². The number of rotatable bonds is 16. The van der Waals surface area contributed by atoms with Gasteiger partial charge in [-0.15, -0.1) is 0 Å². The second-order valence-corrected chi connectivity index (χ2v) is 8.18. The molecule has 0 bridgehead atoms. The lowest BCUT2D eigenvalue weighted by atomic mass is 9.91. The standard InChI is InChI=1S/C22H36N4O6/c1-2-3-11-26-12-14(7-9-18(24)21(29)30)16(5-4-6-17(23)20(27)28)15(13-26)8-10-19(25)22(31)32/h12-13,17-19H,2-11,23-25H2,1H3,(H2-,27,28,29,30,31,32)/p+1. The van der Waals surface area contributed by atoms with E-state index in [1.165, 1.54) is 0 Å². The van der Waals surface area contributed by atoms with Gasteiger partial charge in [0.05, 0.1) is 0 Å². The molecule has 0 saturated heterocycles. The molecule has 0 amide bonds. The molecular formula is C22H37N4O6+. The van der Waals surface area contributed by atoms with Crippen molar-refractivity contribution in [3.05, 3.63) is 29.1 Å². The van der Waals surface area contributed by atoms with Crippen molar-refractivity contribution in [2.45, 2.75) is 89.4 Å². The Morgan fingerprint density at radius 1 is 0.781 bits per heavy atom. The number of carboxylic acids is 3. The first-order valence-electron chi connectivity index (χ1n) is 11.1. The molecule has 0 radical (unpaired) electrons. The topological polar surface area (TPSA) is 194 Å². The Morgan fingerprint density at radius 3 is 1.62 bits per heavy atom. The summed E-state index contributed by atoms with van der Waals surface area (Å²) in [7, 11) is 0. The van der Waals surface area contributed by atoms with Gasteiger partial charge in [0.15, 0.2) is 12.4 Å². The Labute approximate surface area is 188 Å². The van der Waals surface area contributed by atoms with E-state index in [4.69, 9.17) is 32.5 Å². The molecule has 1 aromatic heterocycles. The number of aliphatic carboxylic acids is 3. The van der Waals surface area contributed by atoms with E-state index in [2.05, 4.69) is 6.92 Å². The Hall–Kier alpha value is -2.56. The second-order valence-electron chi connectivity index (χ2n) is 8.18. The van der Waals surface area contributed by atoms with Crippen LogP contribution in [0.4, 0.5) is 0 Å². The van der Waals surface area contributed by atoms with Crippen molar-refractivity contribution in [1.82, 2.24) is 0 Å². The van der Waals surface area contributed by atoms with Gasteiger partial charge in [-0.05, 0) is 50.5 Å². The van der Waals surface area contributed by atoms with Gasteiger partial charge in [0, 0.05) is 17.5 Å². The molecule has 3 atom stereocenters. The van der Waals surface area contributed by atoms with Gasteiger partial charge in [0.25, 0.3) is 0 Å². The number of aromatic nitrogens is 1. The highest BCUT2D eigenvalue weighted by atomic mass is 16.4. The second kappa shape index (κ2) is 13.8. The minimum Gasteiger partial charge on any atom is -0.480 e. The number of pyridine rings is 1. The Bertz CT molecular complexity index is 741. The maximum absolute atomic E-state index is 11.2. The molecule has 3 unspecified atom stereocenters. The van der Waals surface area contributed by atoms with Crippen LogP contribution >= 0.6 is 0 Å². The normalized spacial score (nSPS) is 14.0. The summed E-state index contributed by atoms with van der Waals surface area (Å²) < 4.78 is 2.04. The van der Waals surface area contributed by atoms with Gasteiger partial charge >= 0.3 is 17.9 Å². The summed E-state index contributed by atoms with van der Waals surface area (Å²) in [5.74, 6) is -3.20. The summed E-state index contributed by atoms with van der Waals surface area (Å²) in [6.45, 7) is 2.86. The van der Waals surface area contributed by atoms with Crippen LogP contribution in [0.25, 0.3) is 0 Å². The third-order valence-electron chi connectivity index (χ3n) is 5.53. The number of nitrogens with two attached hydrogens (primary N) is 3. The molecule has 10 nitrogen and oxygen atoms in total. The summed E-state index contributed by atoms with van der Waals surface area (Å²) in [6, 6.07) is -2.94. The quantitative estimate of drug-likeness (QED) is 0.189. The zero-order chi connectivity index (χ0) is 24.3. The molecule has 0 fully saturated rings. The monoisotopic (exact) mass is 453 g/mol. The van der Waals surface area contributed by atoms with Gasteiger partial charge in [-0.1, -0.05) is 13.3 Å². The molecule has 1 rings (SSSR count). The highest BCUT2D eigenvalue weighted by molar-refractivity contribution is 5.73.